The van der Waals surface area contributed by atoms with Crippen LogP contribution in [-0.4, -0.2) is 10.5 Å². The van der Waals surface area contributed by atoms with Crippen LogP contribution in [0.1, 0.15) is 32.7 Å². The third kappa shape index (κ3) is 3.50. The minimum atomic E-state index is -0.373. The van der Waals surface area contributed by atoms with Gasteiger partial charge in [0.1, 0.15) is 0 Å². The summed E-state index contributed by atoms with van der Waals surface area (Å²) in [6.45, 7) is 6.98. The number of carbonyl (C=O) groups excluding carboxylic acids is 1. The first kappa shape index (κ1) is 17.0. The molecule has 128 valence electrons. The maximum atomic E-state index is 11.8. The Bertz CT molecular complexity index is 907. The number of hydrogen-bond acceptors (Lipinski definition) is 1. The van der Waals surface area contributed by atoms with E-state index >= 15 is 0 Å². The molecule has 3 nitrogen and oxygen atoms in total. The van der Waals surface area contributed by atoms with Gasteiger partial charge in [0.05, 0.1) is 5.56 Å². The summed E-state index contributed by atoms with van der Waals surface area (Å²) in [5.74, 6) is -0.373. The SMILES string of the molecule is Cc1ccc(-c2cc(C(N)=O)c(C)n2CCc2ccccc2)c(C)c1. The van der Waals surface area contributed by atoms with Crippen LogP contribution < -0.4 is 5.73 Å². The molecule has 0 aliphatic heterocycles. The van der Waals surface area contributed by atoms with Crippen molar-refractivity contribution in [1.29, 1.82) is 0 Å². The van der Waals surface area contributed by atoms with Gasteiger partial charge in [-0.05, 0) is 44.4 Å². The zero-order valence-electron chi connectivity index (χ0n) is 15.0. The summed E-state index contributed by atoms with van der Waals surface area (Å²) in [6.07, 6.45) is 0.909. The van der Waals surface area contributed by atoms with E-state index in [2.05, 4.69) is 60.9 Å². The van der Waals surface area contributed by atoms with Crippen molar-refractivity contribution in [3.05, 3.63) is 82.5 Å². The van der Waals surface area contributed by atoms with Gasteiger partial charge in [-0.2, -0.15) is 0 Å². The molecule has 3 rings (SSSR count). The molecule has 0 radical (unpaired) electrons. The standard InChI is InChI=1S/C22H24N2O/c1-15-9-10-19(16(2)13-15)21-14-20(22(23)25)17(3)24(21)12-11-18-7-5-4-6-8-18/h4-10,13-14H,11-12H2,1-3H3,(H2,23,25). The van der Waals surface area contributed by atoms with Crippen LogP contribution in [0.15, 0.2) is 54.6 Å². The fourth-order valence-electron chi connectivity index (χ4n) is 3.39. The predicted octanol–water partition coefficient (Wildman–Crippen LogP) is 4.42. The number of hydrogen-bond donors (Lipinski definition) is 1. The second-order valence-corrected chi connectivity index (χ2v) is 6.60. The van der Waals surface area contributed by atoms with Crippen molar-refractivity contribution in [1.82, 2.24) is 4.57 Å². The number of primary amides is 1. The number of aromatic nitrogens is 1. The number of nitrogens with zero attached hydrogens (tertiary/aromatic N) is 1. The molecular formula is C22H24N2O. The van der Waals surface area contributed by atoms with Crippen molar-refractivity contribution >= 4 is 5.91 Å². The van der Waals surface area contributed by atoms with E-state index in [1.807, 2.05) is 19.1 Å². The molecule has 1 amide bonds. The van der Waals surface area contributed by atoms with Gasteiger partial charge in [-0.3, -0.25) is 4.79 Å². The molecule has 1 aromatic heterocycles. The first-order valence-electron chi connectivity index (χ1n) is 8.59. The molecule has 3 aromatic rings. The monoisotopic (exact) mass is 332 g/mol. The minimum absolute atomic E-state index is 0.373. The van der Waals surface area contributed by atoms with E-state index in [1.54, 1.807) is 0 Å². The molecule has 2 aromatic carbocycles. The molecule has 0 aliphatic rings. The Balaban J connectivity index is 2.04. The van der Waals surface area contributed by atoms with Crippen molar-refractivity contribution in [3.8, 4) is 11.3 Å². The van der Waals surface area contributed by atoms with Crippen LogP contribution in [0.5, 0.6) is 0 Å². The third-order valence-electron chi connectivity index (χ3n) is 4.76. The van der Waals surface area contributed by atoms with E-state index < -0.39 is 0 Å². The van der Waals surface area contributed by atoms with Gasteiger partial charge in [-0.15, -0.1) is 0 Å². The van der Waals surface area contributed by atoms with Crippen LogP contribution in [0.2, 0.25) is 0 Å². The lowest BCUT2D eigenvalue weighted by atomic mass is 10.0. The van der Waals surface area contributed by atoms with Crippen molar-refractivity contribution in [2.45, 2.75) is 33.7 Å². The van der Waals surface area contributed by atoms with E-state index in [0.29, 0.717) is 5.56 Å². The lowest BCUT2D eigenvalue weighted by molar-refractivity contribution is 0.0999. The second-order valence-electron chi connectivity index (χ2n) is 6.60. The van der Waals surface area contributed by atoms with E-state index in [-0.39, 0.29) is 5.91 Å². The van der Waals surface area contributed by atoms with E-state index in [9.17, 15) is 4.79 Å². The number of carbonyl (C=O) groups is 1. The number of amides is 1. The number of benzene rings is 2. The van der Waals surface area contributed by atoms with Crippen LogP contribution in [0, 0.1) is 20.8 Å². The Kier molecular flexibility index (Phi) is 4.75. The minimum Gasteiger partial charge on any atom is -0.366 e. The van der Waals surface area contributed by atoms with Gasteiger partial charge in [-0.25, -0.2) is 0 Å². The number of rotatable bonds is 5. The summed E-state index contributed by atoms with van der Waals surface area (Å²) in [7, 11) is 0. The lowest BCUT2D eigenvalue weighted by Crippen LogP contribution is -2.13. The highest BCUT2D eigenvalue weighted by Gasteiger charge is 2.17. The second kappa shape index (κ2) is 6.98. The van der Waals surface area contributed by atoms with Crippen LogP contribution in [0.25, 0.3) is 11.3 Å². The largest absolute Gasteiger partial charge is 0.366 e. The molecule has 0 saturated heterocycles. The fraction of sp³-hybridized carbons (Fsp3) is 0.227. The van der Waals surface area contributed by atoms with Crippen LogP contribution in [0.4, 0.5) is 0 Å². The van der Waals surface area contributed by atoms with Gasteiger partial charge in [-0.1, -0.05) is 54.1 Å². The highest BCUT2D eigenvalue weighted by molar-refractivity contribution is 5.95. The summed E-state index contributed by atoms with van der Waals surface area (Å²) in [4.78, 5) is 11.8. The Morgan fingerprint density at radius 1 is 1.00 bits per heavy atom. The maximum absolute atomic E-state index is 11.8. The average molecular weight is 332 g/mol. The normalized spacial score (nSPS) is 10.8. The molecule has 0 fully saturated rings. The summed E-state index contributed by atoms with van der Waals surface area (Å²) >= 11 is 0. The van der Waals surface area contributed by atoms with Crippen molar-refractivity contribution in [3.63, 3.8) is 0 Å². The summed E-state index contributed by atoms with van der Waals surface area (Å²) < 4.78 is 2.21. The number of nitrogens with two attached hydrogens (primary N) is 1. The Morgan fingerprint density at radius 2 is 1.72 bits per heavy atom. The molecule has 0 saturated carbocycles. The van der Waals surface area contributed by atoms with E-state index in [0.717, 1.165) is 29.9 Å². The van der Waals surface area contributed by atoms with Crippen LogP contribution in [0.3, 0.4) is 0 Å². The molecule has 1 heterocycles. The predicted molar refractivity (Wildman–Crippen MR) is 103 cm³/mol. The summed E-state index contributed by atoms with van der Waals surface area (Å²) in [5, 5.41) is 0. The Labute approximate surface area is 149 Å². The molecular weight excluding hydrogens is 308 g/mol. The molecule has 3 heteroatoms. The Hall–Kier alpha value is -2.81. The highest BCUT2D eigenvalue weighted by atomic mass is 16.1. The van der Waals surface area contributed by atoms with Crippen molar-refractivity contribution < 1.29 is 4.79 Å². The first-order valence-corrected chi connectivity index (χ1v) is 8.59. The quantitative estimate of drug-likeness (QED) is 0.738. The van der Waals surface area contributed by atoms with Gasteiger partial charge in [0.2, 0.25) is 0 Å². The first-order chi connectivity index (χ1) is 12.0. The van der Waals surface area contributed by atoms with Gasteiger partial charge >= 0.3 is 0 Å². The zero-order valence-corrected chi connectivity index (χ0v) is 15.0. The van der Waals surface area contributed by atoms with Crippen LogP contribution in [-0.2, 0) is 13.0 Å². The van der Waals surface area contributed by atoms with Gasteiger partial charge < -0.3 is 10.3 Å². The molecule has 0 bridgehead atoms. The molecule has 0 spiro atoms. The summed E-state index contributed by atoms with van der Waals surface area (Å²) in [6, 6.07) is 18.7. The van der Waals surface area contributed by atoms with E-state index in [4.69, 9.17) is 5.73 Å². The van der Waals surface area contributed by atoms with E-state index in [1.165, 1.54) is 16.7 Å². The number of aryl methyl sites for hydroxylation is 3. The summed E-state index contributed by atoms with van der Waals surface area (Å²) in [5.41, 5.74) is 13.0. The fourth-order valence-corrected chi connectivity index (χ4v) is 3.39. The van der Waals surface area contributed by atoms with Gasteiger partial charge in [0.15, 0.2) is 0 Å². The molecule has 0 aliphatic carbocycles. The third-order valence-corrected chi connectivity index (χ3v) is 4.76. The van der Waals surface area contributed by atoms with Crippen LogP contribution >= 0.6 is 0 Å². The van der Waals surface area contributed by atoms with Crippen molar-refractivity contribution in [2.75, 3.05) is 0 Å². The average Bonchev–Trinajstić information content (AvgIpc) is 2.91. The van der Waals surface area contributed by atoms with Crippen molar-refractivity contribution in [2.24, 2.45) is 5.73 Å². The van der Waals surface area contributed by atoms with Gasteiger partial charge in [0.25, 0.3) is 5.91 Å². The lowest BCUT2D eigenvalue weighted by Gasteiger charge is -2.14. The smallest absolute Gasteiger partial charge is 0.250 e. The molecule has 0 unspecified atom stereocenters. The van der Waals surface area contributed by atoms with Gasteiger partial charge in [0, 0.05) is 23.5 Å². The maximum Gasteiger partial charge on any atom is 0.250 e. The molecule has 2 N–H and O–H groups in total. The highest BCUT2D eigenvalue weighted by Crippen LogP contribution is 2.29. The zero-order chi connectivity index (χ0) is 18.0. The Morgan fingerprint density at radius 3 is 2.36 bits per heavy atom. The molecule has 0 atom stereocenters. The molecule has 25 heavy (non-hydrogen) atoms. The topological polar surface area (TPSA) is 48.0 Å².